The predicted octanol–water partition coefficient (Wildman–Crippen LogP) is 3.71. The lowest BCUT2D eigenvalue weighted by Crippen LogP contribution is -2.44. The molecular formula is C26H26ClFN2O6. The van der Waals surface area contributed by atoms with E-state index in [2.05, 4.69) is 10.3 Å². The van der Waals surface area contributed by atoms with Crippen LogP contribution in [-0.4, -0.2) is 54.6 Å². The molecule has 3 N–H and O–H groups in total. The number of pyridine rings is 1. The van der Waals surface area contributed by atoms with E-state index in [1.807, 2.05) is 0 Å². The van der Waals surface area contributed by atoms with Crippen molar-refractivity contribution in [2.75, 3.05) is 27.4 Å². The molecule has 1 aromatic heterocycles. The number of carbonyl (C=O) groups is 1. The van der Waals surface area contributed by atoms with Gasteiger partial charge in [-0.25, -0.2) is 9.37 Å². The molecule has 4 rings (SSSR count). The van der Waals surface area contributed by atoms with Crippen LogP contribution < -0.4 is 19.5 Å². The average molecular weight is 517 g/mol. The van der Waals surface area contributed by atoms with Crippen molar-refractivity contribution in [2.45, 2.75) is 24.5 Å². The molecule has 36 heavy (non-hydrogen) atoms. The van der Waals surface area contributed by atoms with Gasteiger partial charge in [-0.1, -0.05) is 11.6 Å². The number of carbonyl (C=O) groups excluding carboxylic acids is 1. The highest BCUT2D eigenvalue weighted by molar-refractivity contribution is 6.31. The minimum Gasteiger partial charge on any atom is -0.494 e. The Morgan fingerprint density at radius 1 is 1.11 bits per heavy atom. The van der Waals surface area contributed by atoms with Gasteiger partial charge in [0.1, 0.15) is 22.9 Å². The number of hydrogen-bond acceptors (Lipinski definition) is 7. The molecule has 2 aromatic carbocycles. The van der Waals surface area contributed by atoms with E-state index in [4.69, 9.17) is 25.8 Å². The molecule has 1 aliphatic rings. The summed E-state index contributed by atoms with van der Waals surface area (Å²) in [6, 6.07) is 11.9. The molecule has 1 unspecified atom stereocenters. The van der Waals surface area contributed by atoms with E-state index in [1.165, 1.54) is 38.5 Å². The lowest BCUT2D eigenvalue weighted by atomic mass is 9.98. The second-order valence-corrected chi connectivity index (χ2v) is 8.84. The first-order valence-electron chi connectivity index (χ1n) is 11.2. The minimum absolute atomic E-state index is 0.0762. The van der Waals surface area contributed by atoms with Crippen LogP contribution in [0.25, 0.3) is 11.3 Å². The van der Waals surface area contributed by atoms with Gasteiger partial charge in [0.2, 0.25) is 0 Å². The van der Waals surface area contributed by atoms with Crippen molar-refractivity contribution in [1.29, 1.82) is 0 Å². The number of ether oxygens (including phenoxy) is 3. The number of aliphatic hydroxyl groups excluding tert-OH is 1. The molecule has 3 aromatic rings. The summed E-state index contributed by atoms with van der Waals surface area (Å²) in [6.07, 6.45) is 2.15. The van der Waals surface area contributed by atoms with Crippen molar-refractivity contribution in [3.05, 3.63) is 70.6 Å². The minimum atomic E-state index is -1.92. The zero-order chi connectivity index (χ0) is 25.9. The third-order valence-electron chi connectivity index (χ3n) is 5.79. The number of amides is 1. The van der Waals surface area contributed by atoms with Gasteiger partial charge in [0.25, 0.3) is 5.91 Å². The molecule has 1 atom stereocenters. The Bertz CT molecular complexity index is 1270. The highest BCUT2D eigenvalue weighted by atomic mass is 35.5. The molecule has 0 bridgehead atoms. The Hall–Kier alpha value is -3.40. The molecule has 8 nitrogen and oxygen atoms in total. The normalized spacial score (nSPS) is 14.6. The van der Waals surface area contributed by atoms with Crippen molar-refractivity contribution in [1.82, 2.24) is 10.3 Å². The highest BCUT2D eigenvalue weighted by Crippen LogP contribution is 2.35. The maximum Gasteiger partial charge on any atom is 0.251 e. The summed E-state index contributed by atoms with van der Waals surface area (Å²) in [5, 5.41) is 23.7. The number of nitrogens with zero attached hydrogens (tertiary/aromatic N) is 1. The summed E-state index contributed by atoms with van der Waals surface area (Å²) in [4.78, 5) is 17.3. The molecule has 0 radical (unpaired) electrons. The first kappa shape index (κ1) is 25.7. The number of rotatable bonds is 10. The molecule has 1 saturated carbocycles. The first-order chi connectivity index (χ1) is 17.3. The lowest BCUT2D eigenvalue weighted by molar-refractivity contribution is -0.0203. The molecule has 1 fully saturated rings. The summed E-state index contributed by atoms with van der Waals surface area (Å²) in [5.74, 6) is 0.253. The van der Waals surface area contributed by atoms with Gasteiger partial charge >= 0.3 is 0 Å². The molecule has 0 aliphatic heterocycles. The van der Waals surface area contributed by atoms with E-state index in [9.17, 15) is 19.4 Å². The number of nitrogens with one attached hydrogen (secondary N) is 1. The van der Waals surface area contributed by atoms with Crippen molar-refractivity contribution in [3.63, 3.8) is 0 Å². The topological polar surface area (TPSA) is 110 Å². The van der Waals surface area contributed by atoms with Crippen LogP contribution in [0, 0.1) is 5.82 Å². The van der Waals surface area contributed by atoms with E-state index in [0.717, 1.165) is 12.8 Å². The number of aliphatic hydroxyl groups is 2. The Morgan fingerprint density at radius 3 is 2.47 bits per heavy atom. The predicted molar refractivity (Wildman–Crippen MR) is 131 cm³/mol. The Labute approximate surface area is 212 Å². The van der Waals surface area contributed by atoms with Gasteiger partial charge < -0.3 is 29.7 Å². The summed E-state index contributed by atoms with van der Waals surface area (Å²) in [7, 11) is 2.93. The van der Waals surface area contributed by atoms with Crippen LogP contribution in [0.5, 0.6) is 17.2 Å². The molecule has 10 heteroatoms. The number of halogens is 2. The van der Waals surface area contributed by atoms with Gasteiger partial charge in [-0.15, -0.1) is 0 Å². The molecule has 0 saturated heterocycles. The number of benzene rings is 2. The van der Waals surface area contributed by atoms with Gasteiger partial charge in [-0.3, -0.25) is 4.79 Å². The highest BCUT2D eigenvalue weighted by Gasteiger charge is 2.32. The van der Waals surface area contributed by atoms with E-state index in [1.54, 1.807) is 24.3 Å². The summed E-state index contributed by atoms with van der Waals surface area (Å²) in [5.41, 5.74) is -0.817. The van der Waals surface area contributed by atoms with Crippen LogP contribution >= 0.6 is 11.6 Å². The van der Waals surface area contributed by atoms with Crippen molar-refractivity contribution in [3.8, 4) is 28.5 Å². The standard InChI is InChI=1S/C26H26ClFN2O6/c1-34-21-9-10-23(30-24(21)15-3-7-19(28)18(27)11-15)26(33,14-31)13-29-25(32)16-4-8-20(22(12-16)35-2)36-17-5-6-17/h3-4,7-12,17,31,33H,5-6,13-14H2,1-2H3,(H,29,32). The third-order valence-corrected chi connectivity index (χ3v) is 6.08. The van der Waals surface area contributed by atoms with Crippen molar-refractivity contribution in [2.24, 2.45) is 0 Å². The zero-order valence-electron chi connectivity index (χ0n) is 19.8. The second kappa shape index (κ2) is 10.7. The van der Waals surface area contributed by atoms with E-state index < -0.39 is 23.9 Å². The smallest absolute Gasteiger partial charge is 0.251 e. The molecule has 0 spiro atoms. The first-order valence-corrected chi connectivity index (χ1v) is 11.6. The molecule has 1 aliphatic carbocycles. The SMILES string of the molecule is COc1cc(C(=O)NCC(O)(CO)c2ccc(OC)c(-c3ccc(F)c(Cl)c3)n2)ccc1OC1CC1. The van der Waals surface area contributed by atoms with Gasteiger partial charge in [-0.05, 0) is 61.4 Å². The number of hydrogen-bond donors (Lipinski definition) is 3. The van der Waals surface area contributed by atoms with Crippen LogP contribution in [0.2, 0.25) is 5.02 Å². The van der Waals surface area contributed by atoms with Crippen LogP contribution in [0.4, 0.5) is 4.39 Å². The zero-order valence-corrected chi connectivity index (χ0v) is 20.5. The van der Waals surface area contributed by atoms with Crippen LogP contribution in [0.3, 0.4) is 0 Å². The van der Waals surface area contributed by atoms with Gasteiger partial charge in [-0.2, -0.15) is 0 Å². The quantitative estimate of drug-likeness (QED) is 0.377. The Balaban J connectivity index is 1.55. The Kier molecular flexibility index (Phi) is 7.63. The van der Waals surface area contributed by atoms with Crippen LogP contribution in [0.1, 0.15) is 28.9 Å². The van der Waals surface area contributed by atoms with Crippen molar-refractivity contribution >= 4 is 17.5 Å². The van der Waals surface area contributed by atoms with Crippen LogP contribution in [-0.2, 0) is 5.60 Å². The van der Waals surface area contributed by atoms with Crippen molar-refractivity contribution < 1.29 is 33.6 Å². The fraction of sp³-hybridized carbons (Fsp3) is 0.308. The number of aromatic nitrogens is 1. The fourth-order valence-electron chi connectivity index (χ4n) is 3.55. The summed E-state index contributed by atoms with van der Waals surface area (Å²) in [6.45, 7) is -1.07. The monoisotopic (exact) mass is 516 g/mol. The fourth-order valence-corrected chi connectivity index (χ4v) is 3.73. The molecule has 1 heterocycles. The van der Waals surface area contributed by atoms with Gasteiger partial charge in [0.15, 0.2) is 11.5 Å². The van der Waals surface area contributed by atoms with Crippen LogP contribution in [0.15, 0.2) is 48.5 Å². The second-order valence-electron chi connectivity index (χ2n) is 8.43. The molecule has 1 amide bonds. The summed E-state index contributed by atoms with van der Waals surface area (Å²) < 4.78 is 30.1. The van der Waals surface area contributed by atoms with Gasteiger partial charge in [0, 0.05) is 11.1 Å². The molecular weight excluding hydrogens is 491 g/mol. The third kappa shape index (κ3) is 5.53. The number of methoxy groups -OCH3 is 2. The van der Waals surface area contributed by atoms with E-state index in [0.29, 0.717) is 28.4 Å². The average Bonchev–Trinajstić information content (AvgIpc) is 3.72. The van der Waals surface area contributed by atoms with E-state index in [-0.39, 0.29) is 29.1 Å². The summed E-state index contributed by atoms with van der Waals surface area (Å²) >= 11 is 5.92. The lowest BCUT2D eigenvalue weighted by Gasteiger charge is -2.26. The molecule has 190 valence electrons. The Morgan fingerprint density at radius 2 is 1.83 bits per heavy atom. The maximum absolute atomic E-state index is 13.7. The van der Waals surface area contributed by atoms with Gasteiger partial charge in [0.05, 0.1) is 44.2 Å². The maximum atomic E-state index is 13.7. The largest absolute Gasteiger partial charge is 0.494 e. The van der Waals surface area contributed by atoms with E-state index >= 15 is 0 Å².